The highest BCUT2D eigenvalue weighted by atomic mass is 32.1. The molecule has 2 aromatic carbocycles. The first-order valence-corrected chi connectivity index (χ1v) is 9.04. The highest BCUT2D eigenvalue weighted by Gasteiger charge is 2.10. The van der Waals surface area contributed by atoms with Crippen molar-refractivity contribution < 1.29 is 19.4 Å². The predicted octanol–water partition coefficient (Wildman–Crippen LogP) is 3.37. The number of nitrogens with zero attached hydrogens (tertiary/aromatic N) is 2. The second-order valence-electron chi connectivity index (χ2n) is 5.52. The molecule has 8 nitrogen and oxygen atoms in total. The topological polar surface area (TPSA) is 105 Å². The van der Waals surface area contributed by atoms with E-state index in [1.54, 1.807) is 24.6 Å². The Morgan fingerprint density at radius 3 is 2.68 bits per heavy atom. The third-order valence-corrected chi connectivity index (χ3v) is 4.42. The maximum absolute atomic E-state index is 12.2. The van der Waals surface area contributed by atoms with Crippen molar-refractivity contribution in [1.29, 1.82) is 0 Å². The number of amides is 1. The standard InChI is InChI=1S/C19H18N4O4S/c1-26-14-6-4-13(5-7-14)21-19-22-15(11-28-19)18(25)23-20-10-12-3-8-16(24)17(9-12)27-2/h3-11,24H,1-2H3,(H,21,22)(H,23,25)/b20-10+. The molecule has 0 saturated carbocycles. The van der Waals surface area contributed by atoms with Crippen LogP contribution in [0.5, 0.6) is 17.2 Å². The van der Waals surface area contributed by atoms with Crippen LogP contribution in [0, 0.1) is 0 Å². The summed E-state index contributed by atoms with van der Waals surface area (Å²) in [6.07, 6.45) is 1.45. The van der Waals surface area contributed by atoms with Gasteiger partial charge in [-0.25, -0.2) is 10.4 Å². The fraction of sp³-hybridized carbons (Fsp3) is 0.105. The van der Waals surface area contributed by atoms with Crippen LogP contribution in [0.15, 0.2) is 52.9 Å². The van der Waals surface area contributed by atoms with Gasteiger partial charge in [-0.05, 0) is 48.0 Å². The van der Waals surface area contributed by atoms with E-state index in [0.717, 1.165) is 11.4 Å². The fourth-order valence-corrected chi connectivity index (χ4v) is 2.94. The molecular weight excluding hydrogens is 380 g/mol. The van der Waals surface area contributed by atoms with Crippen molar-refractivity contribution in [2.45, 2.75) is 0 Å². The number of phenols is 1. The van der Waals surface area contributed by atoms with E-state index in [0.29, 0.717) is 16.4 Å². The van der Waals surface area contributed by atoms with Crippen LogP contribution in [-0.2, 0) is 0 Å². The first-order chi connectivity index (χ1) is 13.6. The zero-order valence-corrected chi connectivity index (χ0v) is 16.0. The molecule has 0 spiro atoms. The van der Waals surface area contributed by atoms with E-state index in [2.05, 4.69) is 20.8 Å². The second-order valence-corrected chi connectivity index (χ2v) is 6.38. The van der Waals surface area contributed by atoms with Gasteiger partial charge in [-0.1, -0.05) is 0 Å². The monoisotopic (exact) mass is 398 g/mol. The molecule has 3 aromatic rings. The average molecular weight is 398 g/mol. The average Bonchev–Trinajstić information content (AvgIpc) is 3.18. The Hall–Kier alpha value is -3.59. The van der Waals surface area contributed by atoms with Crippen molar-refractivity contribution in [3.8, 4) is 17.2 Å². The number of hydrazone groups is 1. The molecule has 9 heteroatoms. The molecule has 0 aliphatic rings. The summed E-state index contributed by atoms with van der Waals surface area (Å²) in [5.41, 5.74) is 4.17. The van der Waals surface area contributed by atoms with Crippen molar-refractivity contribution in [3.63, 3.8) is 0 Å². The zero-order valence-electron chi connectivity index (χ0n) is 15.2. The summed E-state index contributed by atoms with van der Waals surface area (Å²) in [6.45, 7) is 0. The molecule has 1 heterocycles. The van der Waals surface area contributed by atoms with Crippen molar-refractivity contribution in [1.82, 2.24) is 10.4 Å². The molecular formula is C19H18N4O4S. The summed E-state index contributed by atoms with van der Waals surface area (Å²) >= 11 is 1.31. The molecule has 1 aromatic heterocycles. The minimum Gasteiger partial charge on any atom is -0.504 e. The maximum atomic E-state index is 12.2. The summed E-state index contributed by atoms with van der Waals surface area (Å²) in [7, 11) is 3.06. The van der Waals surface area contributed by atoms with Crippen LogP contribution in [0.1, 0.15) is 16.1 Å². The Labute approximate surface area is 165 Å². The van der Waals surface area contributed by atoms with Gasteiger partial charge in [0.25, 0.3) is 5.91 Å². The number of methoxy groups -OCH3 is 2. The summed E-state index contributed by atoms with van der Waals surface area (Å²) < 4.78 is 10.1. The largest absolute Gasteiger partial charge is 0.504 e. The number of aromatic nitrogens is 1. The van der Waals surface area contributed by atoms with Crippen molar-refractivity contribution in [2.24, 2.45) is 5.10 Å². The van der Waals surface area contributed by atoms with Gasteiger partial charge in [0.15, 0.2) is 16.6 Å². The number of rotatable bonds is 7. The van der Waals surface area contributed by atoms with Gasteiger partial charge < -0.3 is 19.9 Å². The molecule has 144 valence electrons. The van der Waals surface area contributed by atoms with Gasteiger partial charge in [0.2, 0.25) is 0 Å². The Bertz CT molecular complexity index is 986. The first-order valence-electron chi connectivity index (χ1n) is 8.16. The minimum absolute atomic E-state index is 0.0306. The molecule has 28 heavy (non-hydrogen) atoms. The van der Waals surface area contributed by atoms with Crippen molar-refractivity contribution in [3.05, 3.63) is 59.1 Å². The van der Waals surface area contributed by atoms with E-state index in [1.165, 1.54) is 30.7 Å². The number of benzene rings is 2. The van der Waals surface area contributed by atoms with E-state index in [1.807, 2.05) is 24.3 Å². The van der Waals surface area contributed by atoms with Gasteiger partial charge in [-0.15, -0.1) is 11.3 Å². The lowest BCUT2D eigenvalue weighted by atomic mass is 10.2. The lowest BCUT2D eigenvalue weighted by Gasteiger charge is -2.04. The van der Waals surface area contributed by atoms with Gasteiger partial charge in [0.05, 0.1) is 20.4 Å². The van der Waals surface area contributed by atoms with E-state index >= 15 is 0 Å². The number of anilines is 2. The van der Waals surface area contributed by atoms with E-state index < -0.39 is 5.91 Å². The normalized spacial score (nSPS) is 10.6. The number of hydrogen-bond acceptors (Lipinski definition) is 8. The number of carbonyl (C=O) groups excluding carboxylic acids is 1. The van der Waals surface area contributed by atoms with E-state index in [4.69, 9.17) is 9.47 Å². The van der Waals surface area contributed by atoms with Crippen LogP contribution in [0.2, 0.25) is 0 Å². The molecule has 0 aliphatic carbocycles. The molecule has 0 fully saturated rings. The summed E-state index contributed by atoms with van der Waals surface area (Å²) in [6, 6.07) is 12.1. The molecule has 1 amide bonds. The van der Waals surface area contributed by atoms with Crippen LogP contribution in [-0.4, -0.2) is 36.4 Å². The molecule has 3 rings (SSSR count). The van der Waals surface area contributed by atoms with Crippen molar-refractivity contribution >= 4 is 34.3 Å². The summed E-state index contributed by atoms with van der Waals surface area (Å²) in [5.74, 6) is 0.682. The SMILES string of the molecule is COc1ccc(Nc2nc(C(=O)N/N=C/c3ccc(O)c(OC)c3)cs2)cc1. The van der Waals surface area contributed by atoms with Crippen LogP contribution in [0.4, 0.5) is 10.8 Å². The highest BCUT2D eigenvalue weighted by molar-refractivity contribution is 7.14. The third-order valence-electron chi connectivity index (χ3n) is 3.66. The molecule has 0 aliphatic heterocycles. The lowest BCUT2D eigenvalue weighted by Crippen LogP contribution is -2.18. The van der Waals surface area contributed by atoms with Crippen LogP contribution < -0.4 is 20.2 Å². The van der Waals surface area contributed by atoms with E-state index in [9.17, 15) is 9.90 Å². The Kier molecular flexibility index (Phi) is 6.07. The number of aromatic hydroxyl groups is 1. The third kappa shape index (κ3) is 4.77. The maximum Gasteiger partial charge on any atom is 0.290 e. The molecule has 0 atom stereocenters. The van der Waals surface area contributed by atoms with Gasteiger partial charge in [0, 0.05) is 11.1 Å². The predicted molar refractivity (Wildman–Crippen MR) is 108 cm³/mol. The Morgan fingerprint density at radius 2 is 1.96 bits per heavy atom. The smallest absolute Gasteiger partial charge is 0.290 e. The number of nitrogens with one attached hydrogen (secondary N) is 2. The van der Waals surface area contributed by atoms with Gasteiger partial charge >= 0.3 is 0 Å². The Balaban J connectivity index is 1.59. The van der Waals surface area contributed by atoms with E-state index in [-0.39, 0.29) is 11.4 Å². The number of phenolic OH excluding ortho intramolecular Hbond substituents is 1. The highest BCUT2D eigenvalue weighted by Crippen LogP contribution is 2.25. The number of carbonyl (C=O) groups is 1. The number of hydrogen-bond donors (Lipinski definition) is 3. The number of ether oxygens (including phenoxy) is 2. The van der Waals surface area contributed by atoms with Crippen LogP contribution in [0.3, 0.4) is 0 Å². The zero-order chi connectivity index (χ0) is 19.9. The Morgan fingerprint density at radius 1 is 1.18 bits per heavy atom. The minimum atomic E-state index is -0.430. The fourth-order valence-electron chi connectivity index (χ4n) is 2.23. The molecule has 0 unspecified atom stereocenters. The first kappa shape index (κ1) is 19.2. The molecule has 0 saturated heterocycles. The summed E-state index contributed by atoms with van der Waals surface area (Å²) in [5, 5.41) is 18.8. The molecule has 0 radical (unpaired) electrons. The molecule has 3 N–H and O–H groups in total. The van der Waals surface area contributed by atoms with Crippen LogP contribution >= 0.6 is 11.3 Å². The van der Waals surface area contributed by atoms with Gasteiger partial charge in [-0.3, -0.25) is 4.79 Å². The lowest BCUT2D eigenvalue weighted by molar-refractivity contribution is 0.0951. The summed E-state index contributed by atoms with van der Waals surface area (Å²) in [4.78, 5) is 16.4. The molecule has 0 bridgehead atoms. The van der Waals surface area contributed by atoms with Gasteiger partial charge in [-0.2, -0.15) is 5.10 Å². The van der Waals surface area contributed by atoms with Crippen LogP contribution in [0.25, 0.3) is 0 Å². The van der Waals surface area contributed by atoms with Gasteiger partial charge in [0.1, 0.15) is 11.4 Å². The quantitative estimate of drug-likeness (QED) is 0.416. The second kappa shape index (κ2) is 8.87. The number of thiazole rings is 1. The van der Waals surface area contributed by atoms with Crippen molar-refractivity contribution in [2.75, 3.05) is 19.5 Å².